The normalized spacial score (nSPS) is 15.6. The number of allylic oxidation sites excluding steroid dienone is 1. The van der Waals surface area contributed by atoms with Crippen LogP contribution in [0, 0.1) is 0 Å². The van der Waals surface area contributed by atoms with E-state index in [0.29, 0.717) is 37.7 Å². The SMILES string of the molecule is CCOC(=O)C1=C(C)N=c2s/c(=C/c3ccccc3)c(=O)n2[C@H]1c1ccc(OC)cc1OC. The molecule has 4 rings (SSSR count). The largest absolute Gasteiger partial charge is 0.497 e. The molecule has 0 unspecified atom stereocenters. The van der Waals surface area contributed by atoms with E-state index < -0.39 is 12.0 Å². The first-order valence-corrected chi connectivity index (χ1v) is 11.3. The van der Waals surface area contributed by atoms with Crippen LogP contribution < -0.4 is 24.4 Å². The number of rotatable bonds is 6. The maximum absolute atomic E-state index is 13.6. The number of esters is 1. The predicted octanol–water partition coefficient (Wildman–Crippen LogP) is 2.82. The molecule has 1 aromatic heterocycles. The van der Waals surface area contributed by atoms with Crippen molar-refractivity contribution in [2.45, 2.75) is 19.9 Å². The van der Waals surface area contributed by atoms with Crippen molar-refractivity contribution < 1.29 is 19.0 Å². The molecule has 0 fully saturated rings. The van der Waals surface area contributed by atoms with Crippen molar-refractivity contribution in [3.8, 4) is 11.5 Å². The molecule has 3 aromatic rings. The van der Waals surface area contributed by atoms with Crippen LogP contribution in [0.5, 0.6) is 11.5 Å². The van der Waals surface area contributed by atoms with E-state index in [4.69, 9.17) is 14.2 Å². The molecule has 0 saturated heterocycles. The summed E-state index contributed by atoms with van der Waals surface area (Å²) in [6, 6.07) is 14.2. The van der Waals surface area contributed by atoms with Crippen molar-refractivity contribution in [1.29, 1.82) is 0 Å². The molecule has 170 valence electrons. The molecule has 0 radical (unpaired) electrons. The Morgan fingerprint density at radius 1 is 1.15 bits per heavy atom. The zero-order valence-electron chi connectivity index (χ0n) is 18.8. The fourth-order valence-corrected chi connectivity index (χ4v) is 4.88. The van der Waals surface area contributed by atoms with Crippen LogP contribution in [-0.2, 0) is 9.53 Å². The number of carbonyl (C=O) groups excluding carboxylic acids is 1. The zero-order valence-corrected chi connectivity index (χ0v) is 19.6. The Bertz CT molecular complexity index is 1400. The van der Waals surface area contributed by atoms with Gasteiger partial charge < -0.3 is 14.2 Å². The first kappa shape index (κ1) is 22.5. The molecule has 0 amide bonds. The number of hydrogen-bond acceptors (Lipinski definition) is 7. The topological polar surface area (TPSA) is 79.1 Å². The van der Waals surface area contributed by atoms with Crippen LogP contribution >= 0.6 is 11.3 Å². The molecule has 7 nitrogen and oxygen atoms in total. The van der Waals surface area contributed by atoms with Gasteiger partial charge in [-0.15, -0.1) is 0 Å². The molecule has 1 atom stereocenters. The van der Waals surface area contributed by atoms with Crippen LogP contribution in [-0.4, -0.2) is 31.4 Å². The second-order valence-corrected chi connectivity index (χ2v) is 8.33. The molecule has 1 aliphatic heterocycles. The smallest absolute Gasteiger partial charge is 0.338 e. The summed E-state index contributed by atoms with van der Waals surface area (Å²) in [5.74, 6) is 0.581. The third kappa shape index (κ3) is 4.21. The van der Waals surface area contributed by atoms with Gasteiger partial charge in [0, 0.05) is 11.6 Å². The molecule has 8 heteroatoms. The monoisotopic (exact) mass is 464 g/mol. The lowest BCUT2D eigenvalue weighted by Crippen LogP contribution is -2.40. The Labute approximate surface area is 194 Å². The molecule has 1 aliphatic rings. The summed E-state index contributed by atoms with van der Waals surface area (Å²) in [6.07, 6.45) is 1.83. The van der Waals surface area contributed by atoms with Gasteiger partial charge >= 0.3 is 5.97 Å². The number of aromatic nitrogens is 1. The van der Waals surface area contributed by atoms with Gasteiger partial charge in [0.05, 0.1) is 36.6 Å². The van der Waals surface area contributed by atoms with Crippen molar-refractivity contribution in [3.05, 3.63) is 90.6 Å². The minimum atomic E-state index is -0.751. The van der Waals surface area contributed by atoms with E-state index in [9.17, 15) is 9.59 Å². The van der Waals surface area contributed by atoms with Crippen LogP contribution in [0.3, 0.4) is 0 Å². The highest BCUT2D eigenvalue weighted by atomic mass is 32.1. The molecule has 2 heterocycles. The fourth-order valence-electron chi connectivity index (χ4n) is 3.83. The van der Waals surface area contributed by atoms with Gasteiger partial charge in [-0.3, -0.25) is 9.36 Å². The van der Waals surface area contributed by atoms with E-state index in [1.54, 1.807) is 43.7 Å². The molecule has 33 heavy (non-hydrogen) atoms. The summed E-state index contributed by atoms with van der Waals surface area (Å²) in [4.78, 5) is 31.7. The van der Waals surface area contributed by atoms with Crippen molar-refractivity contribution in [2.24, 2.45) is 4.99 Å². The van der Waals surface area contributed by atoms with E-state index in [0.717, 1.165) is 5.56 Å². The van der Waals surface area contributed by atoms with Gasteiger partial charge in [-0.25, -0.2) is 9.79 Å². The van der Waals surface area contributed by atoms with E-state index in [1.807, 2.05) is 36.4 Å². The number of fused-ring (bicyclic) bond motifs is 1. The van der Waals surface area contributed by atoms with Gasteiger partial charge in [0.1, 0.15) is 17.5 Å². The van der Waals surface area contributed by atoms with Crippen LogP contribution in [0.2, 0.25) is 0 Å². The number of hydrogen-bond donors (Lipinski definition) is 0. The number of carbonyl (C=O) groups is 1. The lowest BCUT2D eigenvalue weighted by molar-refractivity contribution is -0.139. The minimum absolute atomic E-state index is 0.209. The standard InChI is InChI=1S/C25H24N2O5S/c1-5-32-24(29)21-15(2)26-25-27(22(21)18-12-11-17(30-3)14-19(18)31-4)23(28)20(33-25)13-16-9-7-6-8-10-16/h6-14,22H,5H2,1-4H3/b20-13+/t22-/m0/s1. The van der Waals surface area contributed by atoms with Gasteiger partial charge in [-0.2, -0.15) is 0 Å². The molecule has 0 bridgehead atoms. The Kier molecular flexibility index (Phi) is 6.46. The van der Waals surface area contributed by atoms with Crippen LogP contribution in [0.4, 0.5) is 0 Å². The Morgan fingerprint density at radius 2 is 1.91 bits per heavy atom. The van der Waals surface area contributed by atoms with Crippen LogP contribution in [0.1, 0.15) is 31.0 Å². The highest BCUT2D eigenvalue weighted by molar-refractivity contribution is 7.07. The van der Waals surface area contributed by atoms with Gasteiger partial charge in [0.25, 0.3) is 5.56 Å². The third-order valence-electron chi connectivity index (χ3n) is 5.35. The van der Waals surface area contributed by atoms with Crippen molar-refractivity contribution >= 4 is 23.4 Å². The zero-order chi connectivity index (χ0) is 23.5. The molecule has 0 aliphatic carbocycles. The second-order valence-electron chi connectivity index (χ2n) is 7.32. The molecular weight excluding hydrogens is 440 g/mol. The summed E-state index contributed by atoms with van der Waals surface area (Å²) in [5.41, 5.74) is 2.12. The number of benzene rings is 2. The third-order valence-corrected chi connectivity index (χ3v) is 6.33. The number of thiazole rings is 1. The van der Waals surface area contributed by atoms with Gasteiger partial charge in [0.2, 0.25) is 0 Å². The van der Waals surface area contributed by atoms with E-state index in [1.165, 1.54) is 18.4 Å². The molecule has 0 saturated carbocycles. The maximum atomic E-state index is 13.6. The Hall–Kier alpha value is -3.65. The highest BCUT2D eigenvalue weighted by Crippen LogP contribution is 2.37. The van der Waals surface area contributed by atoms with Gasteiger partial charge in [-0.05, 0) is 37.6 Å². The second kappa shape index (κ2) is 9.46. The summed E-state index contributed by atoms with van der Waals surface area (Å²) < 4.78 is 18.3. The van der Waals surface area contributed by atoms with Crippen molar-refractivity contribution in [1.82, 2.24) is 4.57 Å². The average Bonchev–Trinajstić information content (AvgIpc) is 3.12. The van der Waals surface area contributed by atoms with Gasteiger partial charge in [0.15, 0.2) is 4.80 Å². The molecular formula is C25H24N2O5S. The average molecular weight is 465 g/mol. The molecule has 0 spiro atoms. The minimum Gasteiger partial charge on any atom is -0.497 e. The Morgan fingerprint density at radius 3 is 2.58 bits per heavy atom. The lowest BCUT2D eigenvalue weighted by Gasteiger charge is -2.26. The van der Waals surface area contributed by atoms with Crippen molar-refractivity contribution in [2.75, 3.05) is 20.8 Å². The fraction of sp³-hybridized carbons (Fsp3) is 0.240. The first-order chi connectivity index (χ1) is 16.0. The van der Waals surface area contributed by atoms with Gasteiger partial charge in [-0.1, -0.05) is 41.7 Å². The van der Waals surface area contributed by atoms with E-state index in [2.05, 4.69) is 4.99 Å². The number of ether oxygens (including phenoxy) is 3. The van der Waals surface area contributed by atoms with E-state index >= 15 is 0 Å². The number of methoxy groups -OCH3 is 2. The molecule has 0 N–H and O–H groups in total. The summed E-state index contributed by atoms with van der Waals surface area (Å²) in [5, 5.41) is 0. The maximum Gasteiger partial charge on any atom is 0.338 e. The van der Waals surface area contributed by atoms with E-state index in [-0.39, 0.29) is 12.2 Å². The summed E-state index contributed by atoms with van der Waals surface area (Å²) in [7, 11) is 3.10. The molecule has 2 aromatic carbocycles. The first-order valence-electron chi connectivity index (χ1n) is 10.4. The number of nitrogens with zero attached hydrogens (tertiary/aromatic N) is 2. The lowest BCUT2D eigenvalue weighted by atomic mass is 9.95. The van der Waals surface area contributed by atoms with Crippen molar-refractivity contribution in [3.63, 3.8) is 0 Å². The van der Waals surface area contributed by atoms with Crippen LogP contribution in [0.15, 0.2) is 69.6 Å². The summed E-state index contributed by atoms with van der Waals surface area (Å²) in [6.45, 7) is 3.70. The quantitative estimate of drug-likeness (QED) is 0.524. The Balaban J connectivity index is 2.00. The highest BCUT2D eigenvalue weighted by Gasteiger charge is 2.35. The predicted molar refractivity (Wildman–Crippen MR) is 126 cm³/mol. The van der Waals surface area contributed by atoms with Crippen LogP contribution in [0.25, 0.3) is 6.08 Å². The summed E-state index contributed by atoms with van der Waals surface area (Å²) >= 11 is 1.28.